The van der Waals surface area contributed by atoms with E-state index in [-0.39, 0.29) is 25.1 Å². The number of aromatic amines is 1. The van der Waals surface area contributed by atoms with E-state index in [2.05, 4.69) is 20.6 Å². The molecule has 0 unspecified atom stereocenters. The molecule has 0 radical (unpaired) electrons. The molecule has 2 aromatic heterocycles. The molecule has 190 valence electrons. The molecule has 0 aromatic carbocycles. The molecule has 2 N–H and O–H groups in total. The van der Waals surface area contributed by atoms with Crippen LogP contribution >= 0.6 is 0 Å². The molecule has 5 rings (SSSR count). The summed E-state index contributed by atoms with van der Waals surface area (Å²) in [5.41, 5.74) is -0.227. The maximum Gasteiger partial charge on any atom is 0.410 e. The normalized spacial score (nSPS) is 29.2. The minimum atomic E-state index is -2.75. The van der Waals surface area contributed by atoms with Crippen LogP contribution in [0.3, 0.4) is 0 Å². The first-order valence-corrected chi connectivity index (χ1v) is 11.7. The van der Waals surface area contributed by atoms with Gasteiger partial charge in [-0.2, -0.15) is 10.2 Å². The Hall–Kier alpha value is -3.05. The van der Waals surface area contributed by atoms with E-state index in [4.69, 9.17) is 4.74 Å². The van der Waals surface area contributed by atoms with Crippen molar-refractivity contribution in [3.63, 3.8) is 0 Å². The van der Waals surface area contributed by atoms with E-state index in [0.29, 0.717) is 29.9 Å². The van der Waals surface area contributed by atoms with Crippen molar-refractivity contribution < 1.29 is 27.5 Å². The lowest BCUT2D eigenvalue weighted by Gasteiger charge is -2.35. The Morgan fingerprint density at radius 3 is 2.74 bits per heavy atom. The summed E-state index contributed by atoms with van der Waals surface area (Å²) in [6.07, 6.45) is 1.57. The van der Waals surface area contributed by atoms with Crippen molar-refractivity contribution in [2.45, 2.75) is 70.7 Å². The highest BCUT2D eigenvalue weighted by Crippen LogP contribution is 2.70. The van der Waals surface area contributed by atoms with Gasteiger partial charge in [-0.15, -0.1) is 0 Å². The summed E-state index contributed by atoms with van der Waals surface area (Å²) >= 11 is 0. The van der Waals surface area contributed by atoms with E-state index >= 15 is 0 Å². The molecule has 3 aliphatic rings. The Balaban J connectivity index is 1.22. The molecule has 2 fully saturated rings. The predicted molar refractivity (Wildman–Crippen MR) is 119 cm³/mol. The summed E-state index contributed by atoms with van der Waals surface area (Å²) in [7, 11) is 0. The highest BCUT2D eigenvalue weighted by Gasteiger charge is 2.78. The van der Waals surface area contributed by atoms with Crippen LogP contribution in [0.1, 0.15) is 61.9 Å². The zero-order valence-corrected chi connectivity index (χ0v) is 20.1. The largest absolute Gasteiger partial charge is 0.444 e. The van der Waals surface area contributed by atoms with E-state index in [0.717, 1.165) is 0 Å². The number of piperidine rings is 1. The van der Waals surface area contributed by atoms with E-state index in [1.807, 2.05) is 0 Å². The maximum atomic E-state index is 14.9. The molecule has 9 nitrogen and oxygen atoms in total. The lowest BCUT2D eigenvalue weighted by Crippen LogP contribution is -2.47. The van der Waals surface area contributed by atoms with Crippen LogP contribution in [0.4, 0.5) is 23.7 Å². The molecule has 1 aliphatic heterocycles. The van der Waals surface area contributed by atoms with Crippen molar-refractivity contribution in [2.75, 3.05) is 18.4 Å². The average Bonchev–Trinajstić information content (AvgIpc) is 3.18. The Kier molecular flexibility index (Phi) is 5.23. The number of nitrogens with one attached hydrogen (secondary N) is 2. The Labute approximate surface area is 200 Å². The van der Waals surface area contributed by atoms with Gasteiger partial charge in [-0.25, -0.2) is 18.0 Å². The molecule has 35 heavy (non-hydrogen) atoms. The van der Waals surface area contributed by atoms with Gasteiger partial charge in [-0.05, 0) is 33.6 Å². The van der Waals surface area contributed by atoms with E-state index in [1.54, 1.807) is 27.7 Å². The Morgan fingerprint density at radius 2 is 2.06 bits per heavy atom. The number of anilines is 1. The third-order valence-electron chi connectivity index (χ3n) is 7.36. The smallest absolute Gasteiger partial charge is 0.410 e. The van der Waals surface area contributed by atoms with Gasteiger partial charge in [0.2, 0.25) is 0 Å². The highest BCUT2D eigenvalue weighted by molar-refractivity contribution is 6.04. The third kappa shape index (κ3) is 3.96. The summed E-state index contributed by atoms with van der Waals surface area (Å²) in [5.74, 6) is -4.07. The molecule has 12 heteroatoms. The zero-order chi connectivity index (χ0) is 25.3. The molecule has 2 aliphatic carbocycles. The van der Waals surface area contributed by atoms with Crippen LogP contribution in [-0.2, 0) is 17.6 Å². The first-order chi connectivity index (χ1) is 16.3. The van der Waals surface area contributed by atoms with Gasteiger partial charge in [0.25, 0.3) is 11.8 Å². The maximum absolute atomic E-state index is 14.9. The molecule has 0 spiro atoms. The molecule has 1 saturated heterocycles. The number of likely N-dealkylation sites (tertiary alicyclic amines) is 1. The summed E-state index contributed by atoms with van der Waals surface area (Å²) in [5, 5.41) is 13.7. The van der Waals surface area contributed by atoms with Crippen molar-refractivity contribution >= 4 is 17.7 Å². The predicted octanol–water partition coefficient (Wildman–Crippen LogP) is 3.75. The SMILES string of the molecule is CC(C)(C)OC(=O)N1CC[C@H](n2cc(NC(=O)c3n[nH]c4c3C[C@@H]3C(F)(F)[C@]3(C)C4)cn2)[C@@H](F)C1. The average molecular weight is 495 g/mol. The van der Waals surface area contributed by atoms with Crippen LogP contribution < -0.4 is 5.32 Å². The number of alkyl halides is 3. The van der Waals surface area contributed by atoms with Gasteiger partial charge in [0.1, 0.15) is 11.8 Å². The van der Waals surface area contributed by atoms with Crippen LogP contribution in [-0.4, -0.2) is 67.7 Å². The van der Waals surface area contributed by atoms with Crippen LogP contribution in [0, 0.1) is 11.3 Å². The minimum Gasteiger partial charge on any atom is -0.444 e. The lowest BCUT2D eigenvalue weighted by atomic mass is 9.87. The number of fused-ring (bicyclic) bond motifs is 2. The van der Waals surface area contributed by atoms with Crippen LogP contribution in [0.15, 0.2) is 12.4 Å². The molecule has 0 bridgehead atoms. The molecule has 4 atom stereocenters. The van der Waals surface area contributed by atoms with Crippen molar-refractivity contribution in [3.8, 4) is 0 Å². The van der Waals surface area contributed by atoms with Crippen molar-refractivity contribution in [3.05, 3.63) is 29.3 Å². The topological polar surface area (TPSA) is 105 Å². The summed E-state index contributed by atoms with van der Waals surface area (Å²) in [4.78, 5) is 26.4. The van der Waals surface area contributed by atoms with E-state index < -0.39 is 47.1 Å². The molecular weight excluding hydrogens is 465 g/mol. The second kappa shape index (κ2) is 7.72. The number of ether oxygens (including phenoxy) is 1. The fourth-order valence-electron chi connectivity index (χ4n) is 5.25. The standard InChI is InChI=1S/C23H29F3N6O3/c1-21(2,3)35-20(34)31-6-5-16(14(24)11-31)32-10-12(9-27-32)28-19(33)18-13-7-17-22(4,23(17,25)26)8-15(13)29-30-18/h9-10,14,16-17H,5-8,11H2,1-4H3,(H,28,33)(H,29,30)/t14-,16-,17-,22+/m0/s1. The molecule has 2 amide bonds. The first-order valence-electron chi connectivity index (χ1n) is 11.7. The first kappa shape index (κ1) is 23.7. The Morgan fingerprint density at radius 1 is 1.31 bits per heavy atom. The van der Waals surface area contributed by atoms with Gasteiger partial charge < -0.3 is 15.0 Å². The van der Waals surface area contributed by atoms with Gasteiger partial charge in [0.15, 0.2) is 5.69 Å². The molecule has 3 heterocycles. The lowest BCUT2D eigenvalue weighted by molar-refractivity contribution is 0.00575. The number of aromatic nitrogens is 4. The van der Waals surface area contributed by atoms with Crippen molar-refractivity contribution in [1.82, 2.24) is 24.9 Å². The number of nitrogens with zero attached hydrogens (tertiary/aromatic N) is 4. The van der Waals surface area contributed by atoms with Gasteiger partial charge in [-0.3, -0.25) is 14.6 Å². The monoisotopic (exact) mass is 494 g/mol. The number of amides is 2. The number of H-pyrrole nitrogens is 1. The zero-order valence-electron chi connectivity index (χ0n) is 20.1. The third-order valence-corrected chi connectivity index (χ3v) is 7.36. The van der Waals surface area contributed by atoms with Crippen LogP contribution in [0.25, 0.3) is 0 Å². The van der Waals surface area contributed by atoms with E-state index in [9.17, 15) is 22.8 Å². The Bertz CT molecular complexity index is 1170. The van der Waals surface area contributed by atoms with Gasteiger partial charge in [0, 0.05) is 41.8 Å². The fourth-order valence-corrected chi connectivity index (χ4v) is 5.25. The quantitative estimate of drug-likeness (QED) is 0.676. The number of carbonyl (C=O) groups is 2. The summed E-state index contributed by atoms with van der Waals surface area (Å²) < 4.78 is 50.0. The van der Waals surface area contributed by atoms with Crippen molar-refractivity contribution in [2.24, 2.45) is 11.3 Å². The second-order valence-electron chi connectivity index (χ2n) is 11.0. The van der Waals surface area contributed by atoms with Gasteiger partial charge in [-0.1, -0.05) is 6.92 Å². The van der Waals surface area contributed by atoms with Crippen LogP contribution in [0.5, 0.6) is 0 Å². The highest BCUT2D eigenvalue weighted by atomic mass is 19.3. The second-order valence-corrected chi connectivity index (χ2v) is 11.0. The van der Waals surface area contributed by atoms with Crippen molar-refractivity contribution in [1.29, 1.82) is 0 Å². The minimum absolute atomic E-state index is 0.0894. The fraction of sp³-hybridized carbons (Fsp3) is 0.652. The van der Waals surface area contributed by atoms with Gasteiger partial charge in [0.05, 0.1) is 24.5 Å². The molecular formula is C23H29F3N6O3. The number of halogens is 3. The number of hydrogen-bond acceptors (Lipinski definition) is 5. The summed E-state index contributed by atoms with van der Waals surface area (Å²) in [6.45, 7) is 7.01. The number of carbonyl (C=O) groups excluding carboxylic acids is 2. The number of hydrogen-bond donors (Lipinski definition) is 2. The molecule has 1 saturated carbocycles. The molecule has 2 aromatic rings. The van der Waals surface area contributed by atoms with E-state index in [1.165, 1.54) is 22.0 Å². The van der Waals surface area contributed by atoms with Gasteiger partial charge >= 0.3 is 6.09 Å². The summed E-state index contributed by atoms with van der Waals surface area (Å²) in [6, 6.07) is -0.604. The number of rotatable bonds is 3. The van der Waals surface area contributed by atoms with Crippen LogP contribution in [0.2, 0.25) is 0 Å².